The molecule has 0 radical (unpaired) electrons. The lowest BCUT2D eigenvalue weighted by atomic mass is 10.2. The first kappa shape index (κ1) is 29.3. The number of benzene rings is 2. The highest BCUT2D eigenvalue weighted by Crippen LogP contribution is 2.28. The fourth-order valence-corrected chi connectivity index (χ4v) is 5.08. The summed E-state index contributed by atoms with van der Waals surface area (Å²) in [4.78, 5) is 56.3. The number of aromatic nitrogens is 2. The topological polar surface area (TPSA) is 146 Å². The van der Waals surface area contributed by atoms with Crippen molar-refractivity contribution >= 4 is 51.9 Å². The normalized spacial score (nSPS) is 15.5. The maximum atomic E-state index is 14.2. The first-order chi connectivity index (χ1) is 20.1. The second kappa shape index (κ2) is 12.3. The lowest BCUT2D eigenvalue weighted by Crippen LogP contribution is -2.48. The molecule has 4 N–H and O–H groups in total. The number of nitrogens with two attached hydrogens (primary N) is 1. The van der Waals surface area contributed by atoms with Crippen molar-refractivity contribution < 1.29 is 23.6 Å². The number of anilines is 1. The van der Waals surface area contributed by atoms with E-state index < -0.39 is 17.6 Å². The Kier molecular flexibility index (Phi) is 8.59. The zero-order chi connectivity index (χ0) is 30.0. The van der Waals surface area contributed by atoms with E-state index in [9.17, 15) is 23.6 Å². The zero-order valence-electron chi connectivity index (χ0n) is 23.1. The molecule has 0 spiro atoms. The number of likely N-dealkylation sites (N-methyl/N-ethyl adjacent to an activating group) is 1. The van der Waals surface area contributed by atoms with E-state index in [1.165, 1.54) is 21.7 Å². The number of nitrogens with one attached hydrogen (secondary N) is 2. The number of piperazine rings is 1. The van der Waals surface area contributed by atoms with Gasteiger partial charge in [0.1, 0.15) is 12.4 Å². The van der Waals surface area contributed by atoms with Crippen LogP contribution in [0.15, 0.2) is 36.4 Å². The van der Waals surface area contributed by atoms with Gasteiger partial charge in [-0.3, -0.25) is 19.1 Å². The Hall–Kier alpha value is -4.23. The largest absolute Gasteiger partial charge is 0.364 e. The van der Waals surface area contributed by atoms with Gasteiger partial charge in [-0.05, 0) is 44.2 Å². The van der Waals surface area contributed by atoms with E-state index in [0.29, 0.717) is 29.7 Å². The van der Waals surface area contributed by atoms with Gasteiger partial charge in [0.25, 0.3) is 5.91 Å². The molecule has 1 saturated heterocycles. The molecule has 0 bridgehead atoms. The Morgan fingerprint density at radius 2 is 1.86 bits per heavy atom. The predicted octanol–water partition coefficient (Wildman–Crippen LogP) is 2.01. The summed E-state index contributed by atoms with van der Waals surface area (Å²) in [5.74, 6) is -2.19. The molecule has 2 aliphatic rings. The Bertz CT molecular complexity index is 1530. The molecular formula is C28H32ClFN8O4. The van der Waals surface area contributed by atoms with E-state index in [1.54, 1.807) is 29.2 Å². The molecular weight excluding hydrogens is 567 g/mol. The molecule has 0 unspecified atom stereocenters. The molecule has 1 aliphatic carbocycles. The van der Waals surface area contributed by atoms with Crippen LogP contribution in [-0.4, -0.2) is 94.0 Å². The molecule has 1 aromatic heterocycles. The van der Waals surface area contributed by atoms with Crippen molar-refractivity contribution in [1.29, 1.82) is 0 Å². The van der Waals surface area contributed by atoms with E-state index in [2.05, 4.69) is 20.6 Å². The minimum absolute atomic E-state index is 0.0345. The van der Waals surface area contributed by atoms with E-state index >= 15 is 0 Å². The van der Waals surface area contributed by atoms with Gasteiger partial charge >= 0.3 is 6.03 Å². The Morgan fingerprint density at radius 3 is 2.55 bits per heavy atom. The predicted molar refractivity (Wildman–Crippen MR) is 154 cm³/mol. The average molecular weight is 599 g/mol. The van der Waals surface area contributed by atoms with Gasteiger partial charge in [-0.15, -0.1) is 0 Å². The van der Waals surface area contributed by atoms with Crippen molar-refractivity contribution in [2.75, 3.05) is 45.1 Å². The van der Waals surface area contributed by atoms with Crippen LogP contribution in [0, 0.1) is 5.82 Å². The lowest BCUT2D eigenvalue weighted by Gasteiger charge is -2.32. The number of amides is 5. The van der Waals surface area contributed by atoms with Gasteiger partial charge < -0.3 is 31.1 Å². The summed E-state index contributed by atoms with van der Waals surface area (Å²) in [5, 5.41) is 10.1. The van der Waals surface area contributed by atoms with Gasteiger partial charge in [-0.1, -0.05) is 23.7 Å². The number of fused-ring (bicyclic) bond motifs is 1. The Morgan fingerprint density at radius 1 is 1.12 bits per heavy atom. The van der Waals surface area contributed by atoms with Crippen molar-refractivity contribution in [3.05, 3.63) is 58.5 Å². The first-order valence-corrected chi connectivity index (χ1v) is 14.0. The molecule has 2 aromatic carbocycles. The first-order valence-electron chi connectivity index (χ1n) is 13.6. The molecule has 5 rings (SSSR count). The summed E-state index contributed by atoms with van der Waals surface area (Å²) < 4.78 is 15.6. The van der Waals surface area contributed by atoms with Crippen molar-refractivity contribution in [2.45, 2.75) is 32.0 Å². The number of hydrogen-bond acceptors (Lipinski definition) is 6. The quantitative estimate of drug-likeness (QED) is 0.343. The standard InChI is InChI=1S/C28H32ClFN8O4/c1-35-9-11-36(12-10-35)28(42)33-18-5-8-22-20(13-18)26(27(31)41)34-38(22)16-24(40)37(19-6-7-19)15-23(39)32-14-17-3-2-4-21(29)25(17)30/h2-5,8,13,19H,6-7,9-12,14-16H2,1H3,(H2,31,41)(H,32,39)(H,33,42). The van der Waals surface area contributed by atoms with Gasteiger partial charge in [-0.25, -0.2) is 9.18 Å². The van der Waals surface area contributed by atoms with Crippen LogP contribution in [0.1, 0.15) is 28.9 Å². The number of urea groups is 1. The minimum atomic E-state index is -0.777. The van der Waals surface area contributed by atoms with Crippen molar-refractivity contribution in [3.63, 3.8) is 0 Å². The van der Waals surface area contributed by atoms with Crippen LogP contribution in [0.3, 0.4) is 0 Å². The summed E-state index contributed by atoms with van der Waals surface area (Å²) in [6.45, 7) is 2.24. The van der Waals surface area contributed by atoms with Gasteiger partial charge in [0.15, 0.2) is 5.69 Å². The zero-order valence-corrected chi connectivity index (χ0v) is 23.9. The van der Waals surface area contributed by atoms with Crippen molar-refractivity contribution in [1.82, 2.24) is 29.8 Å². The van der Waals surface area contributed by atoms with Crippen molar-refractivity contribution in [3.8, 4) is 0 Å². The summed E-state index contributed by atoms with van der Waals surface area (Å²) in [6.07, 6.45) is 1.51. The van der Waals surface area contributed by atoms with Gasteiger partial charge in [-0.2, -0.15) is 5.10 Å². The van der Waals surface area contributed by atoms with E-state index in [1.807, 2.05) is 7.05 Å². The molecule has 2 heterocycles. The Balaban J connectivity index is 1.27. The van der Waals surface area contributed by atoms with Crippen LogP contribution < -0.4 is 16.4 Å². The number of primary amides is 1. The van der Waals surface area contributed by atoms with Crippen molar-refractivity contribution in [2.24, 2.45) is 5.73 Å². The highest BCUT2D eigenvalue weighted by Gasteiger charge is 2.34. The number of nitrogens with zero attached hydrogens (tertiary/aromatic N) is 5. The minimum Gasteiger partial charge on any atom is -0.364 e. The fourth-order valence-electron chi connectivity index (χ4n) is 4.89. The van der Waals surface area contributed by atoms with Crippen LogP contribution in [0.25, 0.3) is 10.9 Å². The number of carbonyl (C=O) groups excluding carboxylic acids is 4. The SMILES string of the molecule is CN1CCN(C(=O)Nc2ccc3c(c2)c(C(N)=O)nn3CC(=O)N(CC(=O)NCc2cccc(Cl)c2F)C2CC2)CC1. The smallest absolute Gasteiger partial charge is 0.321 e. The molecule has 14 heteroatoms. The lowest BCUT2D eigenvalue weighted by molar-refractivity contribution is -0.137. The third-order valence-electron chi connectivity index (χ3n) is 7.44. The van der Waals surface area contributed by atoms with E-state index in [4.69, 9.17) is 17.3 Å². The second-order valence-corrected chi connectivity index (χ2v) is 11.0. The molecule has 42 heavy (non-hydrogen) atoms. The van der Waals surface area contributed by atoms with E-state index in [0.717, 1.165) is 25.9 Å². The number of carbonyl (C=O) groups is 4. The van der Waals surface area contributed by atoms with E-state index in [-0.39, 0.29) is 53.9 Å². The molecule has 12 nitrogen and oxygen atoms in total. The van der Waals surface area contributed by atoms with Crippen LogP contribution in [0.2, 0.25) is 5.02 Å². The third-order valence-corrected chi connectivity index (χ3v) is 7.73. The molecule has 5 amide bonds. The monoisotopic (exact) mass is 598 g/mol. The Labute approximate surface area is 246 Å². The summed E-state index contributed by atoms with van der Waals surface area (Å²) in [7, 11) is 2.00. The van der Waals surface area contributed by atoms with Gasteiger partial charge in [0.05, 0.1) is 17.1 Å². The molecule has 3 aromatic rings. The van der Waals surface area contributed by atoms with Crippen LogP contribution in [-0.2, 0) is 22.7 Å². The van der Waals surface area contributed by atoms with Crippen LogP contribution in [0.4, 0.5) is 14.9 Å². The maximum Gasteiger partial charge on any atom is 0.321 e. The van der Waals surface area contributed by atoms with Gasteiger partial charge in [0, 0.05) is 55.4 Å². The number of rotatable bonds is 9. The number of halogens is 2. The summed E-state index contributed by atoms with van der Waals surface area (Å²) in [5.41, 5.74) is 6.74. The molecule has 2 fully saturated rings. The molecule has 1 aliphatic heterocycles. The van der Waals surface area contributed by atoms with Crippen LogP contribution >= 0.6 is 11.6 Å². The van der Waals surface area contributed by atoms with Crippen LogP contribution in [0.5, 0.6) is 0 Å². The maximum absolute atomic E-state index is 14.2. The molecule has 1 saturated carbocycles. The average Bonchev–Trinajstić information content (AvgIpc) is 3.74. The van der Waals surface area contributed by atoms with Gasteiger partial charge in [0.2, 0.25) is 11.8 Å². The molecule has 0 atom stereocenters. The summed E-state index contributed by atoms with van der Waals surface area (Å²) in [6, 6.07) is 9.13. The number of hydrogen-bond donors (Lipinski definition) is 3. The second-order valence-electron chi connectivity index (χ2n) is 10.6. The highest BCUT2D eigenvalue weighted by atomic mass is 35.5. The highest BCUT2D eigenvalue weighted by molar-refractivity contribution is 6.30. The third kappa shape index (κ3) is 6.63. The fraction of sp³-hybridized carbons (Fsp3) is 0.393. The molecule has 222 valence electrons. The summed E-state index contributed by atoms with van der Waals surface area (Å²) >= 11 is 5.81.